The molecule has 5 nitrogen and oxygen atoms in total. The fourth-order valence-corrected chi connectivity index (χ4v) is 6.96. The molecule has 0 radical (unpaired) electrons. The van der Waals surface area contributed by atoms with Crippen LogP contribution in [0.3, 0.4) is 0 Å². The first kappa shape index (κ1) is 22.1. The Balaban J connectivity index is 1.52. The summed E-state index contributed by atoms with van der Waals surface area (Å²) in [5.41, 5.74) is 6.32. The normalized spacial score (nSPS) is 14.2. The maximum Gasteiger partial charge on any atom is 0.196 e. The first-order chi connectivity index (χ1) is 15.7. The molecule has 7 heteroatoms. The number of fused-ring (bicyclic) bond motifs is 7. The molecule has 0 fully saturated rings. The smallest absolute Gasteiger partial charge is 0.196 e. The topological polar surface area (TPSA) is 56.0 Å². The molecule has 4 heterocycles. The highest BCUT2D eigenvalue weighted by atomic mass is 32.2. The Labute approximate surface area is 198 Å². The van der Waals surface area contributed by atoms with Crippen molar-refractivity contribution in [2.75, 3.05) is 5.75 Å². The maximum atomic E-state index is 5.18. The van der Waals surface area contributed by atoms with Gasteiger partial charge in [-0.2, -0.15) is 0 Å². The van der Waals surface area contributed by atoms with Crippen LogP contribution < -0.4 is 0 Å². The van der Waals surface area contributed by atoms with Gasteiger partial charge in [0, 0.05) is 16.8 Å². The Morgan fingerprint density at radius 1 is 1.06 bits per heavy atom. The summed E-state index contributed by atoms with van der Waals surface area (Å²) in [4.78, 5) is 11.2. The van der Waals surface area contributed by atoms with E-state index in [4.69, 9.17) is 9.97 Å². The lowest BCUT2D eigenvalue weighted by Crippen LogP contribution is -2.11. The molecule has 0 amide bonds. The fraction of sp³-hybridized carbons (Fsp3) is 0.600. The fourth-order valence-electron chi connectivity index (χ4n) is 4.90. The molecule has 0 aliphatic heterocycles. The summed E-state index contributed by atoms with van der Waals surface area (Å²) < 4.78 is 3.21. The first-order valence-corrected chi connectivity index (χ1v) is 14.1. The predicted molar refractivity (Wildman–Crippen MR) is 136 cm³/mol. The van der Waals surface area contributed by atoms with Gasteiger partial charge in [0.05, 0.1) is 5.52 Å². The van der Waals surface area contributed by atoms with Crippen LogP contribution in [0.4, 0.5) is 0 Å². The highest BCUT2D eigenvalue weighted by Gasteiger charge is 2.24. The lowest BCUT2D eigenvalue weighted by molar-refractivity contribution is 0.615. The lowest BCUT2D eigenvalue weighted by atomic mass is 9.87. The van der Waals surface area contributed by atoms with E-state index < -0.39 is 0 Å². The highest BCUT2D eigenvalue weighted by Crippen LogP contribution is 2.40. The number of aromatic nitrogens is 5. The van der Waals surface area contributed by atoms with Gasteiger partial charge in [-0.3, -0.25) is 4.40 Å². The Kier molecular flexibility index (Phi) is 6.65. The summed E-state index contributed by atoms with van der Waals surface area (Å²) in [5.74, 6) is 1.70. The molecule has 4 aromatic rings. The van der Waals surface area contributed by atoms with Gasteiger partial charge in [0.2, 0.25) is 0 Å². The molecule has 1 aliphatic rings. The van der Waals surface area contributed by atoms with Crippen LogP contribution in [0.25, 0.3) is 26.1 Å². The van der Waals surface area contributed by atoms with Gasteiger partial charge in [-0.1, -0.05) is 58.2 Å². The number of rotatable bonds is 9. The Bertz CT molecular complexity index is 1240. The highest BCUT2D eigenvalue weighted by molar-refractivity contribution is 7.99. The van der Waals surface area contributed by atoms with E-state index in [0.29, 0.717) is 5.92 Å². The van der Waals surface area contributed by atoms with Gasteiger partial charge in [0.15, 0.2) is 10.8 Å². The van der Waals surface area contributed by atoms with Crippen LogP contribution in [-0.4, -0.2) is 30.3 Å². The largest absolute Gasteiger partial charge is 0.259 e. The zero-order valence-electron chi connectivity index (χ0n) is 19.5. The summed E-state index contributed by atoms with van der Waals surface area (Å²) >= 11 is 3.55. The Hall–Kier alpha value is -1.73. The maximum absolute atomic E-state index is 5.18. The Morgan fingerprint density at radius 2 is 1.88 bits per heavy atom. The van der Waals surface area contributed by atoms with E-state index in [-0.39, 0.29) is 0 Å². The summed E-state index contributed by atoms with van der Waals surface area (Å²) in [5, 5.41) is 11.3. The molecule has 0 unspecified atom stereocenters. The van der Waals surface area contributed by atoms with Crippen molar-refractivity contribution in [3.8, 4) is 0 Å². The van der Waals surface area contributed by atoms with E-state index in [1.807, 2.05) is 6.33 Å². The number of hydrogen-bond acceptors (Lipinski definition) is 6. The van der Waals surface area contributed by atoms with Crippen LogP contribution in [0, 0.1) is 5.92 Å². The molecule has 0 saturated heterocycles. The van der Waals surface area contributed by atoms with Gasteiger partial charge in [0.25, 0.3) is 0 Å². The number of hydrogen-bond donors (Lipinski definition) is 0. The minimum atomic E-state index is 0.614. The Morgan fingerprint density at radius 3 is 2.69 bits per heavy atom. The zero-order chi connectivity index (χ0) is 22.1. The average Bonchev–Trinajstić information content (AvgIpc) is 3.37. The molecular formula is C25H33N5S2. The number of aryl methyl sites for hydroxylation is 1. The van der Waals surface area contributed by atoms with Gasteiger partial charge in [0.1, 0.15) is 15.9 Å². The van der Waals surface area contributed by atoms with Gasteiger partial charge >= 0.3 is 0 Å². The lowest BCUT2D eigenvalue weighted by Gasteiger charge is -2.20. The van der Waals surface area contributed by atoms with E-state index in [9.17, 15) is 0 Å². The predicted octanol–water partition coefficient (Wildman–Crippen LogP) is 7.03. The van der Waals surface area contributed by atoms with Crippen LogP contribution in [0.15, 0.2) is 11.5 Å². The molecule has 170 valence electrons. The van der Waals surface area contributed by atoms with E-state index in [2.05, 4.69) is 35.4 Å². The van der Waals surface area contributed by atoms with E-state index in [1.54, 1.807) is 23.1 Å². The third-order valence-corrected chi connectivity index (χ3v) is 8.57. The van der Waals surface area contributed by atoms with Crippen molar-refractivity contribution in [2.45, 2.75) is 90.1 Å². The summed E-state index contributed by atoms with van der Waals surface area (Å²) in [6.45, 7) is 6.84. The molecule has 0 spiro atoms. The molecule has 4 aromatic heterocycles. The number of nitrogens with zero attached hydrogens (tertiary/aromatic N) is 5. The monoisotopic (exact) mass is 467 g/mol. The van der Waals surface area contributed by atoms with Gasteiger partial charge in [-0.25, -0.2) is 9.97 Å². The van der Waals surface area contributed by atoms with Crippen molar-refractivity contribution in [1.29, 1.82) is 0 Å². The van der Waals surface area contributed by atoms with E-state index >= 15 is 0 Å². The second-order valence-electron chi connectivity index (χ2n) is 9.46. The minimum absolute atomic E-state index is 0.614. The van der Waals surface area contributed by atoms with Crippen LogP contribution >= 0.6 is 23.1 Å². The van der Waals surface area contributed by atoms with E-state index in [1.165, 1.54) is 67.2 Å². The second kappa shape index (κ2) is 9.64. The first-order valence-electron chi connectivity index (χ1n) is 12.3. The number of thiophene rings is 1. The molecule has 0 N–H and O–H groups in total. The summed E-state index contributed by atoms with van der Waals surface area (Å²) in [6, 6.07) is 0. The summed E-state index contributed by atoms with van der Waals surface area (Å²) in [6.07, 6.45) is 14.3. The molecule has 32 heavy (non-hydrogen) atoms. The van der Waals surface area contributed by atoms with Crippen LogP contribution in [0.2, 0.25) is 0 Å². The van der Waals surface area contributed by atoms with Crippen molar-refractivity contribution in [3.63, 3.8) is 0 Å². The number of unbranched alkanes of at least 4 members (excludes halogenated alkanes) is 4. The zero-order valence-corrected chi connectivity index (χ0v) is 21.1. The SMILES string of the molecule is CCCCCCCSc1nnc2c3sc4nc(CC(C)C)c5c(c4c3ncn12)CCCC5. The third kappa shape index (κ3) is 4.14. The van der Waals surface area contributed by atoms with Gasteiger partial charge in [-0.15, -0.1) is 21.5 Å². The van der Waals surface area contributed by atoms with Crippen molar-refractivity contribution in [1.82, 2.24) is 24.6 Å². The molecular weight excluding hydrogens is 434 g/mol. The van der Waals surface area contributed by atoms with Gasteiger partial charge < -0.3 is 0 Å². The average molecular weight is 468 g/mol. The van der Waals surface area contributed by atoms with Crippen molar-refractivity contribution in [2.24, 2.45) is 5.92 Å². The van der Waals surface area contributed by atoms with Crippen molar-refractivity contribution >= 4 is 49.2 Å². The quantitative estimate of drug-likeness (QED) is 0.195. The molecule has 0 aromatic carbocycles. The minimum Gasteiger partial charge on any atom is -0.259 e. The second-order valence-corrected chi connectivity index (χ2v) is 11.5. The standard InChI is InChI=1S/C25H33N5S2/c1-4-5-6-7-10-13-31-25-29-28-23-22-21(26-15-30(23)25)20-18-12-9-8-11-17(18)19(14-16(2)3)27-24(20)32-22/h15-16H,4-14H2,1-3H3. The van der Waals surface area contributed by atoms with E-state index in [0.717, 1.165) is 50.9 Å². The van der Waals surface area contributed by atoms with Crippen molar-refractivity contribution in [3.05, 3.63) is 23.1 Å². The molecule has 0 bridgehead atoms. The molecule has 0 atom stereocenters. The summed E-state index contributed by atoms with van der Waals surface area (Å²) in [7, 11) is 0. The third-order valence-electron chi connectivity index (χ3n) is 6.47. The van der Waals surface area contributed by atoms with Crippen LogP contribution in [-0.2, 0) is 19.3 Å². The van der Waals surface area contributed by atoms with Crippen molar-refractivity contribution < 1.29 is 0 Å². The number of pyridine rings is 1. The van der Waals surface area contributed by atoms with Gasteiger partial charge in [-0.05, 0) is 55.6 Å². The van der Waals surface area contributed by atoms with Crippen LogP contribution in [0.1, 0.15) is 82.5 Å². The van der Waals surface area contributed by atoms with Crippen LogP contribution in [0.5, 0.6) is 0 Å². The molecule has 5 rings (SSSR count). The number of thioether (sulfide) groups is 1. The molecule has 1 aliphatic carbocycles. The molecule has 0 saturated carbocycles.